The number of thiophene rings is 1. The summed E-state index contributed by atoms with van der Waals surface area (Å²) in [5, 5.41) is 2.87. The zero-order valence-electron chi connectivity index (χ0n) is 11.0. The molecule has 0 bridgehead atoms. The van der Waals surface area contributed by atoms with Crippen LogP contribution < -0.4 is 11.1 Å². The van der Waals surface area contributed by atoms with Crippen LogP contribution in [0.15, 0.2) is 13.6 Å². The number of hydrogen-bond acceptors (Lipinski definition) is 4. The van der Waals surface area contributed by atoms with Crippen LogP contribution in [0.1, 0.15) is 36.0 Å². The van der Waals surface area contributed by atoms with Gasteiger partial charge in [-0.05, 0) is 63.6 Å². The Bertz CT molecular complexity index is 459. The highest BCUT2D eigenvalue weighted by molar-refractivity contribution is 9.12. The van der Waals surface area contributed by atoms with Crippen LogP contribution in [0.2, 0.25) is 0 Å². The average molecular weight is 426 g/mol. The van der Waals surface area contributed by atoms with Crippen molar-refractivity contribution < 1.29 is 9.53 Å². The molecule has 3 N–H and O–H groups in total. The Balaban J connectivity index is 1.66. The second kappa shape index (κ2) is 7.89. The maximum atomic E-state index is 11.9. The summed E-state index contributed by atoms with van der Waals surface area (Å²) in [5.41, 5.74) is 6.51. The van der Waals surface area contributed by atoms with Gasteiger partial charge in [-0.3, -0.25) is 4.79 Å². The summed E-state index contributed by atoms with van der Waals surface area (Å²) in [5.74, 6) is -0.0758. The van der Waals surface area contributed by atoms with E-state index in [2.05, 4.69) is 37.2 Å². The first kappa shape index (κ1) is 16.4. The van der Waals surface area contributed by atoms with Crippen LogP contribution in [0.4, 0.5) is 0 Å². The molecule has 4 nitrogen and oxygen atoms in total. The monoisotopic (exact) mass is 424 g/mol. The number of hydrogen-bond donors (Lipinski definition) is 2. The Hall–Kier alpha value is 0.0500. The van der Waals surface area contributed by atoms with Gasteiger partial charge in [0.15, 0.2) is 0 Å². The zero-order valence-corrected chi connectivity index (χ0v) is 15.0. The summed E-state index contributed by atoms with van der Waals surface area (Å²) < 4.78 is 7.54. The summed E-state index contributed by atoms with van der Waals surface area (Å²) in [7, 11) is 0. The summed E-state index contributed by atoms with van der Waals surface area (Å²) in [6, 6.07) is 2.15. The number of rotatable bonds is 5. The predicted molar refractivity (Wildman–Crippen MR) is 88.2 cm³/mol. The zero-order chi connectivity index (χ0) is 14.5. The lowest BCUT2D eigenvalue weighted by Gasteiger charge is -2.26. The van der Waals surface area contributed by atoms with Gasteiger partial charge >= 0.3 is 0 Å². The van der Waals surface area contributed by atoms with Crippen LogP contribution >= 0.6 is 43.2 Å². The molecule has 0 spiro atoms. The van der Waals surface area contributed by atoms with E-state index < -0.39 is 0 Å². The van der Waals surface area contributed by atoms with Crippen molar-refractivity contribution in [3.63, 3.8) is 0 Å². The SMILES string of the molecule is NC1CCC(OCCNC(=O)c2cc(Br)sc2Br)CC1. The van der Waals surface area contributed by atoms with Crippen molar-refractivity contribution in [2.45, 2.75) is 37.8 Å². The number of nitrogens with one attached hydrogen (secondary N) is 1. The van der Waals surface area contributed by atoms with Gasteiger partial charge in [-0.15, -0.1) is 11.3 Å². The van der Waals surface area contributed by atoms with Crippen molar-refractivity contribution >= 4 is 49.1 Å². The van der Waals surface area contributed by atoms with Crippen LogP contribution in [0.5, 0.6) is 0 Å². The van der Waals surface area contributed by atoms with Crippen LogP contribution in [0.25, 0.3) is 0 Å². The lowest BCUT2D eigenvalue weighted by molar-refractivity contribution is 0.0267. The second-order valence-corrected chi connectivity index (χ2v) is 8.65. The van der Waals surface area contributed by atoms with Gasteiger partial charge in [-0.1, -0.05) is 0 Å². The molecule has 0 radical (unpaired) electrons. The number of halogens is 2. The number of carbonyl (C=O) groups is 1. The molecule has 1 aliphatic rings. The standard InChI is InChI=1S/C13H18Br2N2O2S/c14-11-7-10(12(15)20-11)13(18)17-5-6-19-9-3-1-8(16)2-4-9/h7-9H,1-6,16H2,(H,17,18). The Kier molecular flexibility index (Phi) is 6.48. The van der Waals surface area contributed by atoms with Gasteiger partial charge in [0.2, 0.25) is 0 Å². The summed E-state index contributed by atoms with van der Waals surface area (Å²) in [4.78, 5) is 11.9. The second-order valence-electron chi connectivity index (χ2n) is 4.90. The molecular weight excluding hydrogens is 408 g/mol. The van der Waals surface area contributed by atoms with E-state index in [4.69, 9.17) is 10.5 Å². The fourth-order valence-electron chi connectivity index (χ4n) is 2.24. The van der Waals surface area contributed by atoms with Crippen LogP contribution in [0, 0.1) is 0 Å². The third kappa shape index (κ3) is 4.80. The number of nitrogens with two attached hydrogens (primary N) is 1. The summed E-state index contributed by atoms with van der Waals surface area (Å²) in [6.07, 6.45) is 4.42. The molecule has 1 aromatic heterocycles. The smallest absolute Gasteiger partial charge is 0.253 e. The first-order valence-electron chi connectivity index (χ1n) is 6.66. The molecule has 7 heteroatoms. The molecule has 20 heavy (non-hydrogen) atoms. The summed E-state index contributed by atoms with van der Waals surface area (Å²) >= 11 is 8.23. The molecule has 2 rings (SSSR count). The highest BCUT2D eigenvalue weighted by Crippen LogP contribution is 2.31. The molecule has 0 aromatic carbocycles. The minimum atomic E-state index is -0.0758. The lowest BCUT2D eigenvalue weighted by Crippen LogP contribution is -2.33. The van der Waals surface area contributed by atoms with Gasteiger partial charge in [-0.2, -0.15) is 0 Å². The Labute approximate surface area is 139 Å². The first-order chi connectivity index (χ1) is 9.56. The Morgan fingerprint density at radius 1 is 1.40 bits per heavy atom. The highest BCUT2D eigenvalue weighted by atomic mass is 79.9. The molecule has 1 aromatic rings. The molecular formula is C13H18Br2N2O2S. The molecule has 0 saturated heterocycles. The van der Waals surface area contributed by atoms with E-state index in [1.165, 1.54) is 11.3 Å². The maximum Gasteiger partial charge on any atom is 0.253 e. The number of carbonyl (C=O) groups excluding carboxylic acids is 1. The van der Waals surface area contributed by atoms with Crippen molar-refractivity contribution in [2.24, 2.45) is 5.73 Å². The maximum absolute atomic E-state index is 11.9. The third-order valence-electron chi connectivity index (χ3n) is 3.36. The minimum absolute atomic E-state index is 0.0758. The topological polar surface area (TPSA) is 64.3 Å². The van der Waals surface area contributed by atoms with Gasteiger partial charge in [0, 0.05) is 12.6 Å². The largest absolute Gasteiger partial charge is 0.376 e. The van der Waals surface area contributed by atoms with Crippen LogP contribution in [-0.2, 0) is 4.74 Å². The van der Waals surface area contributed by atoms with Gasteiger partial charge in [0.1, 0.15) is 0 Å². The quantitative estimate of drug-likeness (QED) is 0.711. The van der Waals surface area contributed by atoms with Gasteiger partial charge in [-0.25, -0.2) is 0 Å². The minimum Gasteiger partial charge on any atom is -0.376 e. The van der Waals surface area contributed by atoms with Crippen molar-refractivity contribution in [1.29, 1.82) is 0 Å². The number of ether oxygens (including phenoxy) is 1. The number of amides is 1. The predicted octanol–water partition coefficient (Wildman–Crippen LogP) is 3.29. The highest BCUT2D eigenvalue weighted by Gasteiger charge is 2.19. The van der Waals surface area contributed by atoms with Gasteiger partial charge < -0.3 is 15.8 Å². The van der Waals surface area contributed by atoms with E-state index in [1.807, 2.05) is 6.07 Å². The molecule has 1 amide bonds. The molecule has 1 aliphatic carbocycles. The third-order valence-corrected chi connectivity index (χ3v) is 5.70. The lowest BCUT2D eigenvalue weighted by atomic mass is 9.94. The van der Waals surface area contributed by atoms with Crippen molar-refractivity contribution in [3.05, 3.63) is 19.2 Å². The van der Waals surface area contributed by atoms with E-state index >= 15 is 0 Å². The van der Waals surface area contributed by atoms with Gasteiger partial charge in [0.25, 0.3) is 5.91 Å². The van der Waals surface area contributed by atoms with Crippen LogP contribution in [-0.4, -0.2) is 31.2 Å². The normalized spacial score (nSPS) is 22.8. The van der Waals surface area contributed by atoms with Crippen molar-refractivity contribution in [2.75, 3.05) is 13.2 Å². The molecule has 0 atom stereocenters. The summed E-state index contributed by atoms with van der Waals surface area (Å²) in [6.45, 7) is 1.08. The fourth-order valence-corrected chi connectivity index (χ4v) is 5.03. The molecule has 112 valence electrons. The van der Waals surface area contributed by atoms with Crippen molar-refractivity contribution in [3.8, 4) is 0 Å². The average Bonchev–Trinajstić information content (AvgIpc) is 2.75. The Morgan fingerprint density at radius 3 is 2.70 bits per heavy atom. The molecule has 0 unspecified atom stereocenters. The first-order valence-corrected chi connectivity index (χ1v) is 9.06. The van der Waals surface area contributed by atoms with E-state index in [0.717, 1.165) is 33.3 Å². The van der Waals surface area contributed by atoms with E-state index in [9.17, 15) is 4.79 Å². The fraction of sp³-hybridized carbons (Fsp3) is 0.615. The molecule has 1 heterocycles. The molecule has 0 aliphatic heterocycles. The van der Waals surface area contributed by atoms with E-state index in [-0.39, 0.29) is 5.91 Å². The molecule has 1 fully saturated rings. The van der Waals surface area contributed by atoms with Crippen molar-refractivity contribution in [1.82, 2.24) is 5.32 Å². The van der Waals surface area contributed by atoms with Crippen LogP contribution in [0.3, 0.4) is 0 Å². The van der Waals surface area contributed by atoms with E-state index in [0.29, 0.717) is 30.9 Å². The van der Waals surface area contributed by atoms with E-state index in [1.54, 1.807) is 0 Å². The Morgan fingerprint density at radius 2 is 2.10 bits per heavy atom. The van der Waals surface area contributed by atoms with Gasteiger partial charge in [0.05, 0.1) is 25.8 Å². The molecule has 1 saturated carbocycles.